The highest BCUT2D eigenvalue weighted by Gasteiger charge is 2.14. The Hall–Kier alpha value is -1.51. The van der Waals surface area contributed by atoms with Crippen LogP contribution in [0.2, 0.25) is 0 Å². The van der Waals surface area contributed by atoms with Crippen LogP contribution in [-0.4, -0.2) is 20.1 Å². The van der Waals surface area contributed by atoms with Crippen LogP contribution in [0.4, 0.5) is 5.69 Å². The maximum absolute atomic E-state index is 12.3. The molecule has 130 valence electrons. The van der Waals surface area contributed by atoms with Crippen LogP contribution in [-0.2, 0) is 4.79 Å². The third kappa shape index (κ3) is 7.54. The number of anilines is 1. The first-order valence-corrected chi connectivity index (χ1v) is 9.10. The normalized spacial score (nSPS) is 10.6. The lowest BCUT2D eigenvalue weighted by atomic mass is 10.1. The van der Waals surface area contributed by atoms with Crippen LogP contribution in [0.25, 0.3) is 0 Å². The Balaban J connectivity index is 2.18. The molecule has 1 aromatic carbocycles. The lowest BCUT2D eigenvalue weighted by Crippen LogP contribution is -2.26. The van der Waals surface area contributed by atoms with Crippen LogP contribution in [0.1, 0.15) is 71.1 Å². The molecule has 0 atom stereocenters. The van der Waals surface area contributed by atoms with Gasteiger partial charge in [0.05, 0.1) is 12.8 Å². The summed E-state index contributed by atoms with van der Waals surface area (Å²) in [7, 11) is 3.46. The zero-order valence-corrected chi connectivity index (χ0v) is 15.1. The van der Waals surface area contributed by atoms with Gasteiger partial charge in [-0.2, -0.15) is 0 Å². The summed E-state index contributed by atoms with van der Waals surface area (Å²) in [6.07, 6.45) is 12.1. The number of benzene rings is 1. The zero-order chi connectivity index (χ0) is 16.9. The molecule has 0 aliphatic carbocycles. The van der Waals surface area contributed by atoms with Crippen molar-refractivity contribution in [1.82, 2.24) is 0 Å². The maximum atomic E-state index is 12.3. The second-order valence-electron chi connectivity index (χ2n) is 6.20. The molecule has 0 saturated heterocycles. The van der Waals surface area contributed by atoms with E-state index in [1.165, 1.54) is 44.9 Å². The number of rotatable bonds is 12. The fourth-order valence-electron chi connectivity index (χ4n) is 2.80. The highest BCUT2D eigenvalue weighted by molar-refractivity contribution is 5.94. The van der Waals surface area contributed by atoms with Crippen molar-refractivity contribution in [1.29, 1.82) is 0 Å². The van der Waals surface area contributed by atoms with Crippen molar-refractivity contribution in [2.75, 3.05) is 19.1 Å². The molecule has 0 unspecified atom stereocenters. The van der Waals surface area contributed by atoms with Gasteiger partial charge in [0.25, 0.3) is 0 Å². The Morgan fingerprint density at radius 3 is 2.13 bits per heavy atom. The fourth-order valence-corrected chi connectivity index (χ4v) is 2.80. The van der Waals surface area contributed by atoms with Crippen LogP contribution in [0, 0.1) is 0 Å². The number of methoxy groups -OCH3 is 1. The van der Waals surface area contributed by atoms with Gasteiger partial charge in [-0.25, -0.2) is 0 Å². The highest BCUT2D eigenvalue weighted by Crippen LogP contribution is 2.27. The lowest BCUT2D eigenvalue weighted by molar-refractivity contribution is -0.118. The molecule has 1 rings (SSSR count). The molecule has 0 saturated carbocycles. The first-order chi connectivity index (χ1) is 11.2. The molecule has 1 aromatic rings. The molecule has 0 spiro atoms. The number of para-hydroxylation sites is 2. The number of nitrogens with zero attached hydrogens (tertiary/aromatic N) is 1. The summed E-state index contributed by atoms with van der Waals surface area (Å²) in [5.74, 6) is 0.910. The molecule has 0 fully saturated rings. The average Bonchev–Trinajstić information content (AvgIpc) is 2.59. The smallest absolute Gasteiger partial charge is 0.226 e. The Morgan fingerprint density at radius 1 is 0.957 bits per heavy atom. The predicted molar refractivity (Wildman–Crippen MR) is 98.2 cm³/mol. The largest absolute Gasteiger partial charge is 0.495 e. The van der Waals surface area contributed by atoms with Crippen LogP contribution < -0.4 is 9.64 Å². The van der Waals surface area contributed by atoms with Crippen LogP contribution in [0.15, 0.2) is 24.3 Å². The first kappa shape index (κ1) is 19.5. The molecule has 0 aliphatic rings. The molecule has 0 heterocycles. The van der Waals surface area contributed by atoms with E-state index in [-0.39, 0.29) is 5.91 Å². The Labute approximate surface area is 142 Å². The summed E-state index contributed by atoms with van der Waals surface area (Å²) in [6.45, 7) is 2.25. The molecule has 23 heavy (non-hydrogen) atoms. The molecule has 1 amide bonds. The van der Waals surface area contributed by atoms with Crippen LogP contribution >= 0.6 is 0 Å². The molecule has 0 N–H and O–H groups in total. The van der Waals surface area contributed by atoms with Crippen molar-refractivity contribution in [2.45, 2.75) is 71.1 Å². The maximum Gasteiger partial charge on any atom is 0.226 e. The van der Waals surface area contributed by atoms with Gasteiger partial charge in [0.15, 0.2) is 0 Å². The number of ether oxygens (including phenoxy) is 1. The summed E-state index contributed by atoms with van der Waals surface area (Å²) in [4.78, 5) is 14.0. The monoisotopic (exact) mass is 319 g/mol. The minimum atomic E-state index is 0.164. The summed E-state index contributed by atoms with van der Waals surface area (Å²) < 4.78 is 5.32. The van der Waals surface area contributed by atoms with Crippen molar-refractivity contribution >= 4 is 11.6 Å². The van der Waals surface area contributed by atoms with Gasteiger partial charge in [-0.1, -0.05) is 70.4 Å². The molecule has 0 bridgehead atoms. The van der Waals surface area contributed by atoms with Gasteiger partial charge in [-0.3, -0.25) is 4.79 Å². The van der Waals surface area contributed by atoms with Gasteiger partial charge < -0.3 is 9.64 Å². The predicted octanol–water partition coefficient (Wildman–Crippen LogP) is 5.58. The van der Waals surface area contributed by atoms with Gasteiger partial charge in [0.2, 0.25) is 5.91 Å². The second-order valence-corrected chi connectivity index (χ2v) is 6.20. The lowest BCUT2D eigenvalue weighted by Gasteiger charge is -2.19. The van der Waals surface area contributed by atoms with E-state index in [0.29, 0.717) is 6.42 Å². The second kappa shape index (κ2) is 12.0. The summed E-state index contributed by atoms with van der Waals surface area (Å²) in [6, 6.07) is 7.66. The Morgan fingerprint density at radius 2 is 1.52 bits per heavy atom. The van der Waals surface area contributed by atoms with Gasteiger partial charge >= 0.3 is 0 Å². The third-order valence-corrected chi connectivity index (χ3v) is 4.31. The first-order valence-electron chi connectivity index (χ1n) is 9.10. The van der Waals surface area contributed by atoms with E-state index in [1.54, 1.807) is 12.0 Å². The quantitative estimate of drug-likeness (QED) is 0.471. The fraction of sp³-hybridized carbons (Fsp3) is 0.650. The SMILES string of the molecule is CCCCCCCCCCCC(=O)N(C)c1ccccc1OC. The average molecular weight is 319 g/mol. The summed E-state index contributed by atoms with van der Waals surface area (Å²) in [5.41, 5.74) is 0.843. The molecule has 0 aliphatic heterocycles. The molecule has 0 radical (unpaired) electrons. The van der Waals surface area contributed by atoms with Crippen molar-refractivity contribution in [2.24, 2.45) is 0 Å². The minimum absolute atomic E-state index is 0.164. The number of unbranched alkanes of at least 4 members (excludes halogenated alkanes) is 8. The third-order valence-electron chi connectivity index (χ3n) is 4.31. The van der Waals surface area contributed by atoms with E-state index >= 15 is 0 Å². The molecule has 3 heteroatoms. The molecule has 0 aromatic heterocycles. The number of carbonyl (C=O) groups excluding carboxylic acids is 1. The Kier molecular flexibility index (Phi) is 10.2. The number of carbonyl (C=O) groups is 1. The van der Waals surface area contributed by atoms with E-state index in [2.05, 4.69) is 6.92 Å². The minimum Gasteiger partial charge on any atom is -0.495 e. The number of hydrogen-bond acceptors (Lipinski definition) is 2. The van der Waals surface area contributed by atoms with Crippen molar-refractivity contribution < 1.29 is 9.53 Å². The van der Waals surface area contributed by atoms with Crippen molar-refractivity contribution in [3.05, 3.63) is 24.3 Å². The molecule has 3 nitrogen and oxygen atoms in total. The topological polar surface area (TPSA) is 29.5 Å². The van der Waals surface area contributed by atoms with Crippen molar-refractivity contribution in [3.8, 4) is 5.75 Å². The van der Waals surface area contributed by atoms with Crippen molar-refractivity contribution in [3.63, 3.8) is 0 Å². The Bertz CT molecular complexity index is 445. The van der Waals surface area contributed by atoms with Crippen LogP contribution in [0.3, 0.4) is 0 Å². The van der Waals surface area contributed by atoms with E-state index < -0.39 is 0 Å². The molecular weight excluding hydrogens is 286 g/mol. The summed E-state index contributed by atoms with van der Waals surface area (Å²) in [5, 5.41) is 0. The van der Waals surface area contributed by atoms with Gasteiger partial charge in [0.1, 0.15) is 5.75 Å². The van der Waals surface area contributed by atoms with E-state index in [1.807, 2.05) is 31.3 Å². The van der Waals surface area contributed by atoms with Gasteiger partial charge in [0, 0.05) is 13.5 Å². The van der Waals surface area contributed by atoms with Crippen LogP contribution in [0.5, 0.6) is 5.75 Å². The highest BCUT2D eigenvalue weighted by atomic mass is 16.5. The number of amides is 1. The van der Waals surface area contributed by atoms with E-state index in [0.717, 1.165) is 24.3 Å². The van der Waals surface area contributed by atoms with Gasteiger partial charge in [-0.05, 0) is 18.6 Å². The summed E-state index contributed by atoms with van der Waals surface area (Å²) >= 11 is 0. The zero-order valence-electron chi connectivity index (χ0n) is 15.1. The molecular formula is C20H33NO2. The standard InChI is InChI=1S/C20H33NO2/c1-4-5-6-7-8-9-10-11-12-17-20(22)21(2)18-15-13-14-16-19(18)23-3/h13-16H,4-12,17H2,1-3H3. The number of hydrogen-bond donors (Lipinski definition) is 0. The van der Waals surface area contributed by atoms with E-state index in [4.69, 9.17) is 4.74 Å². The van der Waals surface area contributed by atoms with Gasteiger partial charge in [-0.15, -0.1) is 0 Å². The van der Waals surface area contributed by atoms with E-state index in [9.17, 15) is 4.79 Å².